The van der Waals surface area contributed by atoms with E-state index >= 15 is 0 Å². The van der Waals surface area contributed by atoms with E-state index in [0.717, 1.165) is 18.2 Å². The molecule has 2 amide bonds. The maximum atomic E-state index is 14.2. The number of alkyl halides is 4. The molecule has 0 heterocycles. The summed E-state index contributed by atoms with van der Waals surface area (Å²) in [6.07, 6.45) is -9.06. The van der Waals surface area contributed by atoms with Crippen LogP contribution in [0.3, 0.4) is 0 Å². The Kier molecular flexibility index (Phi) is 6.53. The van der Waals surface area contributed by atoms with Crippen LogP contribution in [0.5, 0.6) is 5.75 Å². The lowest BCUT2D eigenvalue weighted by molar-refractivity contribution is -0.253. The number of hydrogen-bond acceptors (Lipinski definition) is 3. The van der Waals surface area contributed by atoms with E-state index in [0.29, 0.717) is 6.07 Å². The van der Waals surface area contributed by atoms with Gasteiger partial charge >= 0.3 is 12.5 Å². The van der Waals surface area contributed by atoms with Crippen molar-refractivity contribution in [2.24, 2.45) is 5.73 Å². The first-order valence-corrected chi connectivity index (χ1v) is 8.04. The summed E-state index contributed by atoms with van der Waals surface area (Å²) in [6, 6.07) is 2.95. The maximum absolute atomic E-state index is 14.2. The molecule has 3 N–H and O–H groups in total. The van der Waals surface area contributed by atoms with E-state index in [1.54, 1.807) is 0 Å². The Morgan fingerprint density at radius 3 is 2.14 bits per heavy atom. The summed E-state index contributed by atoms with van der Waals surface area (Å²) in [6.45, 7) is 0. The molecule has 0 spiro atoms. The number of halogens is 8. The van der Waals surface area contributed by atoms with Crippen LogP contribution in [-0.2, 0) is 0 Å². The van der Waals surface area contributed by atoms with Gasteiger partial charge in [0.2, 0.25) is 0 Å². The number of primary amides is 1. The molecule has 0 radical (unpaired) electrons. The summed E-state index contributed by atoms with van der Waals surface area (Å²) >= 11 is 11.3. The predicted molar refractivity (Wildman–Crippen MR) is 90.9 cm³/mol. The Morgan fingerprint density at radius 2 is 1.66 bits per heavy atom. The van der Waals surface area contributed by atoms with E-state index in [1.807, 2.05) is 0 Å². The van der Waals surface area contributed by atoms with Gasteiger partial charge in [-0.05, 0) is 24.3 Å². The van der Waals surface area contributed by atoms with Gasteiger partial charge in [0.15, 0.2) is 11.6 Å². The van der Waals surface area contributed by atoms with Gasteiger partial charge in [0.1, 0.15) is 11.4 Å². The molecule has 5 nitrogen and oxygen atoms in total. The smallest absolute Gasteiger partial charge is 0.425 e. The minimum atomic E-state index is -4.89. The molecule has 0 aliphatic carbocycles. The lowest BCUT2D eigenvalue weighted by atomic mass is 10.1. The number of benzene rings is 2. The molecule has 2 aromatic carbocycles. The van der Waals surface area contributed by atoms with E-state index in [4.69, 9.17) is 28.9 Å². The van der Waals surface area contributed by atoms with Gasteiger partial charge in [0.25, 0.3) is 11.8 Å². The summed E-state index contributed by atoms with van der Waals surface area (Å²) in [7, 11) is 0. The van der Waals surface area contributed by atoms with Crippen molar-refractivity contribution >= 4 is 40.7 Å². The highest BCUT2D eigenvalue weighted by molar-refractivity contribution is 6.37. The molecule has 0 aromatic heterocycles. The monoisotopic (exact) mass is 460 g/mol. The van der Waals surface area contributed by atoms with E-state index in [-0.39, 0.29) is 5.69 Å². The molecular formula is C16H8Cl2F6N2O3. The van der Waals surface area contributed by atoms with Gasteiger partial charge in [-0.25, -0.2) is 8.78 Å². The third-order valence-electron chi connectivity index (χ3n) is 3.33. The second-order valence-corrected chi connectivity index (χ2v) is 6.15. The van der Waals surface area contributed by atoms with Crippen LogP contribution in [0.15, 0.2) is 24.3 Å². The van der Waals surface area contributed by atoms with Crippen LogP contribution in [0.2, 0.25) is 10.0 Å². The first kappa shape index (κ1) is 22.6. The van der Waals surface area contributed by atoms with E-state index in [9.17, 15) is 35.9 Å². The Morgan fingerprint density at radius 1 is 1.10 bits per heavy atom. The van der Waals surface area contributed by atoms with Crippen molar-refractivity contribution in [2.75, 3.05) is 5.32 Å². The quantitative estimate of drug-likeness (QED) is 0.604. The van der Waals surface area contributed by atoms with Gasteiger partial charge in [-0.3, -0.25) is 9.59 Å². The summed E-state index contributed by atoms with van der Waals surface area (Å²) < 4.78 is 82.1. The summed E-state index contributed by atoms with van der Waals surface area (Å²) in [5, 5.41) is 0.715. The van der Waals surface area contributed by atoms with Crippen molar-refractivity contribution < 1.29 is 40.7 Å². The number of ether oxygens (including phenoxy) is 1. The highest BCUT2D eigenvalue weighted by atomic mass is 35.5. The molecule has 2 aromatic rings. The summed E-state index contributed by atoms with van der Waals surface area (Å²) in [5.74, 6) is -6.48. The average Bonchev–Trinajstić information content (AvgIpc) is 2.57. The largest absolute Gasteiger partial charge is 0.461 e. The van der Waals surface area contributed by atoms with Crippen LogP contribution >= 0.6 is 23.2 Å². The second-order valence-electron chi connectivity index (χ2n) is 5.34. The molecular weight excluding hydrogens is 453 g/mol. The molecule has 0 saturated carbocycles. The van der Waals surface area contributed by atoms with Gasteiger partial charge in [-0.15, -0.1) is 0 Å². The second kappa shape index (κ2) is 8.37. The normalized spacial score (nSPS) is 11.5. The molecule has 2 rings (SSSR count). The highest BCUT2D eigenvalue weighted by Gasteiger charge is 2.45. The van der Waals surface area contributed by atoms with Crippen molar-refractivity contribution in [3.63, 3.8) is 0 Å². The van der Waals surface area contributed by atoms with Gasteiger partial charge in [0, 0.05) is 5.69 Å². The van der Waals surface area contributed by atoms with Crippen LogP contribution < -0.4 is 15.8 Å². The zero-order valence-corrected chi connectivity index (χ0v) is 15.2. The summed E-state index contributed by atoms with van der Waals surface area (Å²) in [5.41, 5.74) is 2.65. The lowest BCUT2D eigenvalue weighted by Crippen LogP contribution is -2.33. The fraction of sp³-hybridized carbons (Fsp3) is 0.125. The van der Waals surface area contributed by atoms with Crippen LogP contribution in [0, 0.1) is 11.6 Å². The minimum Gasteiger partial charge on any atom is -0.425 e. The zero-order chi connectivity index (χ0) is 22.1. The van der Waals surface area contributed by atoms with Crippen LogP contribution in [0.4, 0.5) is 32.0 Å². The van der Waals surface area contributed by atoms with Crippen molar-refractivity contribution in [3.8, 4) is 5.75 Å². The molecule has 0 aliphatic rings. The molecule has 29 heavy (non-hydrogen) atoms. The van der Waals surface area contributed by atoms with E-state index in [1.165, 1.54) is 0 Å². The number of carbonyl (C=O) groups is 2. The number of nitrogens with one attached hydrogen (secondary N) is 1. The number of rotatable bonds is 6. The molecule has 13 heteroatoms. The molecule has 0 aliphatic heterocycles. The molecule has 0 atom stereocenters. The predicted octanol–water partition coefficient (Wildman–Crippen LogP) is 4.86. The molecule has 0 fully saturated rings. The van der Waals surface area contributed by atoms with E-state index < -0.39 is 62.9 Å². The summed E-state index contributed by atoms with van der Waals surface area (Å²) in [4.78, 5) is 23.3. The fourth-order valence-corrected chi connectivity index (χ4v) is 2.63. The Labute approximate surface area is 168 Å². The van der Waals surface area contributed by atoms with Crippen LogP contribution in [0.25, 0.3) is 0 Å². The number of amides is 2. The average molecular weight is 461 g/mol. The molecule has 0 bridgehead atoms. The fourth-order valence-electron chi connectivity index (χ4n) is 2.06. The third kappa shape index (κ3) is 4.85. The number of nitrogens with two attached hydrogens (primary N) is 1. The van der Waals surface area contributed by atoms with Gasteiger partial charge in [0.05, 0.1) is 15.6 Å². The molecule has 156 valence electrons. The van der Waals surface area contributed by atoms with Crippen LogP contribution in [0.1, 0.15) is 20.7 Å². The molecule has 0 unspecified atom stereocenters. The number of hydrogen-bond donors (Lipinski definition) is 2. The first-order chi connectivity index (χ1) is 13.3. The first-order valence-electron chi connectivity index (χ1n) is 7.28. The lowest BCUT2D eigenvalue weighted by Gasteiger charge is -2.19. The topological polar surface area (TPSA) is 81.4 Å². The van der Waals surface area contributed by atoms with Crippen LogP contribution in [-0.4, -0.2) is 24.3 Å². The van der Waals surface area contributed by atoms with Crippen molar-refractivity contribution in [3.05, 3.63) is 57.1 Å². The highest BCUT2D eigenvalue weighted by Crippen LogP contribution is 2.40. The Bertz CT molecular complexity index is 964. The minimum absolute atomic E-state index is 0.276. The van der Waals surface area contributed by atoms with E-state index in [2.05, 4.69) is 10.1 Å². The standard InChI is InChI=1S/C16H8Cl2F6N2O3/c17-7-3-5(4-8(18)12(7)29-16(23,24)15(21)22)26-14(28)6-1-2-9(19)10(11(6)20)13(25)27/h1-4,15H,(H2,25,27)(H,26,28). The van der Waals surface area contributed by atoms with Crippen molar-refractivity contribution in [1.29, 1.82) is 0 Å². The van der Waals surface area contributed by atoms with Crippen molar-refractivity contribution in [1.82, 2.24) is 0 Å². The zero-order valence-electron chi connectivity index (χ0n) is 13.7. The van der Waals surface area contributed by atoms with Gasteiger partial charge < -0.3 is 15.8 Å². The Balaban J connectivity index is 2.33. The third-order valence-corrected chi connectivity index (χ3v) is 3.89. The number of anilines is 1. The number of carbonyl (C=O) groups excluding carboxylic acids is 2. The molecule has 0 saturated heterocycles. The Hall–Kier alpha value is -2.66. The van der Waals surface area contributed by atoms with Gasteiger partial charge in [-0.2, -0.15) is 17.6 Å². The van der Waals surface area contributed by atoms with Crippen molar-refractivity contribution in [2.45, 2.75) is 12.5 Å². The SMILES string of the molecule is NC(=O)c1c(F)ccc(C(=O)Nc2cc(Cl)c(OC(F)(F)C(F)F)c(Cl)c2)c1F. The maximum Gasteiger partial charge on any atom is 0.461 e. The van der Waals surface area contributed by atoms with Gasteiger partial charge in [-0.1, -0.05) is 23.2 Å².